The molecule has 5 aliphatic rings. The number of allylic oxidation sites excluding steroid dienone is 3. The molecule has 3 saturated carbocycles. The molecule has 1 aliphatic heterocycles. The fraction of sp³-hybridized carbons (Fsp3) is 0.828. The summed E-state index contributed by atoms with van der Waals surface area (Å²) in [6.07, 6.45) is 12.3. The van der Waals surface area contributed by atoms with Gasteiger partial charge < -0.3 is 16.0 Å². The van der Waals surface area contributed by atoms with Gasteiger partial charge in [0.2, 0.25) is 0 Å². The van der Waals surface area contributed by atoms with Crippen molar-refractivity contribution in [2.24, 2.45) is 46.2 Å². The molecule has 33 heavy (non-hydrogen) atoms. The van der Waals surface area contributed by atoms with Crippen LogP contribution in [-0.4, -0.2) is 34.2 Å². The standard InChI is InChI=1S/C29H46N2O2/c1-17(2)19-12-15-31(33)26(19)16-18(3)21-8-9-22-20-6-7-24-27(32)25(30)11-14-29(24,5)23(20)10-13-28(21,22)4/h6,18,21-25,27,32H,7-16,30H2,1-5H3/t18?,21-,22?,23?,24?,25+,27-,28-,29-/m1/s1. The van der Waals surface area contributed by atoms with Crippen molar-refractivity contribution < 1.29 is 9.85 Å². The van der Waals surface area contributed by atoms with Gasteiger partial charge in [0, 0.05) is 24.5 Å². The summed E-state index contributed by atoms with van der Waals surface area (Å²) < 4.78 is 1.29. The van der Waals surface area contributed by atoms with Gasteiger partial charge in [0.15, 0.2) is 12.3 Å². The summed E-state index contributed by atoms with van der Waals surface area (Å²) >= 11 is 0. The number of aliphatic hydroxyl groups excluding tert-OH is 1. The van der Waals surface area contributed by atoms with Crippen LogP contribution in [0.4, 0.5) is 0 Å². The summed E-state index contributed by atoms with van der Waals surface area (Å²) in [4.78, 5) is 0. The predicted octanol–water partition coefficient (Wildman–Crippen LogP) is 5.58. The Morgan fingerprint density at radius 1 is 1.15 bits per heavy atom. The molecule has 9 atom stereocenters. The number of nitrogens with two attached hydrogens (primary N) is 1. The Morgan fingerprint density at radius 2 is 1.85 bits per heavy atom. The van der Waals surface area contributed by atoms with Crippen LogP contribution >= 0.6 is 0 Å². The first-order valence-corrected chi connectivity index (χ1v) is 13.7. The second kappa shape index (κ2) is 8.22. The second-order valence-electron chi connectivity index (χ2n) is 13.0. The highest BCUT2D eigenvalue weighted by molar-refractivity contribution is 5.98. The van der Waals surface area contributed by atoms with Gasteiger partial charge in [-0.25, -0.2) is 4.74 Å². The zero-order chi connectivity index (χ0) is 23.7. The van der Waals surface area contributed by atoms with Crippen molar-refractivity contribution in [2.75, 3.05) is 6.54 Å². The van der Waals surface area contributed by atoms with Crippen LogP contribution in [0.15, 0.2) is 22.8 Å². The number of hydrogen-bond donors (Lipinski definition) is 2. The third-order valence-electron chi connectivity index (χ3n) is 11.3. The van der Waals surface area contributed by atoms with Crippen LogP contribution in [0.5, 0.6) is 0 Å². The third-order valence-corrected chi connectivity index (χ3v) is 11.3. The minimum Gasteiger partial charge on any atom is -0.624 e. The van der Waals surface area contributed by atoms with Crippen molar-refractivity contribution in [2.45, 2.75) is 105 Å². The first-order valence-electron chi connectivity index (χ1n) is 13.7. The van der Waals surface area contributed by atoms with Crippen molar-refractivity contribution in [3.8, 4) is 0 Å². The largest absolute Gasteiger partial charge is 0.624 e. The Hall–Kier alpha value is -1.13. The van der Waals surface area contributed by atoms with Crippen LogP contribution < -0.4 is 5.73 Å². The molecule has 4 nitrogen and oxygen atoms in total. The average molecular weight is 455 g/mol. The Kier molecular flexibility index (Phi) is 5.88. The predicted molar refractivity (Wildman–Crippen MR) is 135 cm³/mol. The van der Waals surface area contributed by atoms with E-state index >= 15 is 0 Å². The number of nitrogens with zero attached hydrogens (tertiary/aromatic N) is 1. The molecule has 1 heterocycles. The third kappa shape index (κ3) is 3.49. The van der Waals surface area contributed by atoms with Crippen LogP contribution in [0.25, 0.3) is 0 Å². The molecule has 0 aromatic carbocycles. The number of fused-ring (bicyclic) bond motifs is 5. The van der Waals surface area contributed by atoms with E-state index < -0.39 is 0 Å². The molecular formula is C29H46N2O2. The van der Waals surface area contributed by atoms with Crippen molar-refractivity contribution in [3.63, 3.8) is 0 Å². The van der Waals surface area contributed by atoms with E-state index in [0.29, 0.717) is 41.5 Å². The van der Waals surface area contributed by atoms with E-state index in [4.69, 9.17) is 5.73 Å². The summed E-state index contributed by atoms with van der Waals surface area (Å²) in [5.41, 5.74) is 12.2. The molecule has 0 bridgehead atoms. The molecule has 3 fully saturated rings. The zero-order valence-corrected chi connectivity index (χ0v) is 21.6. The monoisotopic (exact) mass is 454 g/mol. The minimum atomic E-state index is -0.353. The van der Waals surface area contributed by atoms with Crippen LogP contribution in [0.1, 0.15) is 92.4 Å². The number of aliphatic hydroxyl groups is 1. The van der Waals surface area contributed by atoms with E-state index in [2.05, 4.69) is 40.7 Å². The van der Waals surface area contributed by atoms with Gasteiger partial charge in [-0.15, -0.1) is 0 Å². The molecule has 0 aromatic heterocycles. The maximum atomic E-state index is 12.6. The molecule has 0 radical (unpaired) electrons. The summed E-state index contributed by atoms with van der Waals surface area (Å²) in [6, 6.07) is -0.0528. The first-order chi connectivity index (χ1) is 15.6. The molecule has 4 heteroatoms. The highest BCUT2D eigenvalue weighted by atomic mass is 16.5. The lowest BCUT2D eigenvalue weighted by Crippen LogP contribution is -2.57. The molecule has 184 valence electrons. The summed E-state index contributed by atoms with van der Waals surface area (Å²) in [6.45, 7) is 12.4. The molecule has 0 saturated heterocycles. The topological polar surface area (TPSA) is 72.3 Å². The van der Waals surface area contributed by atoms with Crippen LogP contribution in [0.2, 0.25) is 0 Å². The maximum Gasteiger partial charge on any atom is 0.190 e. The second-order valence-corrected chi connectivity index (χ2v) is 13.0. The van der Waals surface area contributed by atoms with Gasteiger partial charge in [-0.2, -0.15) is 0 Å². The quantitative estimate of drug-likeness (QED) is 0.332. The summed E-state index contributed by atoms with van der Waals surface area (Å²) in [5, 5.41) is 23.5. The van der Waals surface area contributed by atoms with Gasteiger partial charge in [-0.3, -0.25) is 0 Å². The molecule has 3 N–H and O–H groups in total. The fourth-order valence-electron chi connectivity index (χ4n) is 9.45. The lowest BCUT2D eigenvalue weighted by molar-refractivity contribution is -0.449. The Balaban J connectivity index is 1.38. The van der Waals surface area contributed by atoms with Gasteiger partial charge in [-0.05, 0) is 99.2 Å². The van der Waals surface area contributed by atoms with Gasteiger partial charge in [0.25, 0.3) is 0 Å². The molecule has 5 rings (SSSR count). The fourth-order valence-corrected chi connectivity index (χ4v) is 9.45. The molecule has 0 aromatic rings. The Labute approximate surface area is 201 Å². The van der Waals surface area contributed by atoms with E-state index in [1.54, 1.807) is 5.57 Å². The number of hydroxylamine groups is 1. The van der Waals surface area contributed by atoms with Gasteiger partial charge in [-0.1, -0.05) is 38.0 Å². The summed E-state index contributed by atoms with van der Waals surface area (Å²) in [5.74, 6) is 2.83. The molecule has 4 unspecified atom stereocenters. The van der Waals surface area contributed by atoms with Crippen LogP contribution in [-0.2, 0) is 0 Å². The number of hydrogen-bond acceptors (Lipinski definition) is 3. The average Bonchev–Trinajstić information content (AvgIpc) is 3.31. The SMILES string of the molecule is CC(C)=C1CC[N+]([O-])=C1CC(C)[C@H]1CCC2C3=CCC4[C@@H](O)[C@@H](N)CC[C@]4(C)C3CC[C@@]21C. The maximum absolute atomic E-state index is 12.6. The van der Waals surface area contributed by atoms with E-state index in [-0.39, 0.29) is 17.6 Å². The van der Waals surface area contributed by atoms with Crippen molar-refractivity contribution in [1.82, 2.24) is 0 Å². The van der Waals surface area contributed by atoms with Crippen LogP contribution in [0.3, 0.4) is 0 Å². The van der Waals surface area contributed by atoms with E-state index in [9.17, 15) is 10.3 Å². The van der Waals surface area contributed by atoms with E-state index in [1.807, 2.05) is 0 Å². The number of rotatable bonds is 3. The van der Waals surface area contributed by atoms with Crippen LogP contribution in [0, 0.1) is 45.6 Å². The molecule has 0 amide bonds. The smallest absolute Gasteiger partial charge is 0.190 e. The molecular weight excluding hydrogens is 408 g/mol. The molecule has 0 spiro atoms. The molecule has 4 aliphatic carbocycles. The van der Waals surface area contributed by atoms with Gasteiger partial charge in [0.05, 0.1) is 6.10 Å². The Bertz CT molecular complexity index is 899. The lowest BCUT2D eigenvalue weighted by Gasteiger charge is -2.59. The highest BCUT2D eigenvalue weighted by Gasteiger charge is 2.59. The van der Waals surface area contributed by atoms with Crippen molar-refractivity contribution in [1.29, 1.82) is 0 Å². The van der Waals surface area contributed by atoms with Crippen molar-refractivity contribution in [3.05, 3.63) is 28.0 Å². The first kappa shape index (κ1) is 23.6. The van der Waals surface area contributed by atoms with Crippen molar-refractivity contribution >= 4 is 5.71 Å². The van der Waals surface area contributed by atoms with Gasteiger partial charge >= 0.3 is 0 Å². The van der Waals surface area contributed by atoms with Gasteiger partial charge in [0.1, 0.15) is 0 Å². The zero-order valence-electron chi connectivity index (χ0n) is 21.6. The normalized spacial score (nSPS) is 45.9. The summed E-state index contributed by atoms with van der Waals surface area (Å²) in [7, 11) is 0. The van der Waals surface area contributed by atoms with E-state index in [0.717, 1.165) is 37.8 Å². The van der Waals surface area contributed by atoms with E-state index in [1.165, 1.54) is 41.6 Å². The highest BCUT2D eigenvalue weighted by Crippen LogP contribution is 2.66. The lowest BCUT2D eigenvalue weighted by atomic mass is 9.47. The Morgan fingerprint density at radius 3 is 2.58 bits per heavy atom. The minimum absolute atomic E-state index is 0.0528.